The number of aromatic nitrogens is 2. The number of aryl methyl sites for hydroxylation is 1. The van der Waals surface area contributed by atoms with Crippen LogP contribution < -0.4 is 16.6 Å². The first kappa shape index (κ1) is 14.6. The van der Waals surface area contributed by atoms with Gasteiger partial charge in [-0.2, -0.15) is 0 Å². The van der Waals surface area contributed by atoms with Gasteiger partial charge in [0.05, 0.1) is 18.8 Å². The fourth-order valence-electron chi connectivity index (χ4n) is 1.47. The summed E-state index contributed by atoms with van der Waals surface area (Å²) in [4.78, 5) is 23.3. The maximum Gasteiger partial charge on any atom is 0.330 e. The van der Waals surface area contributed by atoms with Gasteiger partial charge < -0.3 is 20.1 Å². The fourth-order valence-corrected chi connectivity index (χ4v) is 1.47. The van der Waals surface area contributed by atoms with Gasteiger partial charge in [-0.3, -0.25) is 9.36 Å². The smallest absolute Gasteiger partial charge is 0.330 e. The van der Waals surface area contributed by atoms with Crippen LogP contribution in [0.25, 0.3) is 0 Å². The largest absolute Gasteiger partial charge is 0.394 e. The van der Waals surface area contributed by atoms with Crippen LogP contribution in [0.1, 0.15) is 12.5 Å². The minimum Gasteiger partial charge on any atom is -0.394 e. The van der Waals surface area contributed by atoms with Gasteiger partial charge in [0.2, 0.25) is 0 Å². The van der Waals surface area contributed by atoms with Crippen molar-refractivity contribution in [1.82, 2.24) is 14.5 Å². The first-order valence-electron chi connectivity index (χ1n) is 5.57. The van der Waals surface area contributed by atoms with Crippen LogP contribution >= 0.6 is 0 Å². The molecule has 0 aliphatic rings. The highest BCUT2D eigenvalue weighted by atomic mass is 16.3. The number of hydrogen-bond acceptors (Lipinski definition) is 5. The van der Waals surface area contributed by atoms with E-state index in [1.54, 1.807) is 14.0 Å². The van der Waals surface area contributed by atoms with Crippen molar-refractivity contribution in [2.24, 2.45) is 14.1 Å². The van der Waals surface area contributed by atoms with Crippen LogP contribution in [0.2, 0.25) is 0 Å². The van der Waals surface area contributed by atoms with Gasteiger partial charge in [0.1, 0.15) is 0 Å². The summed E-state index contributed by atoms with van der Waals surface area (Å²) in [5.41, 5.74) is -1.24. The normalized spacial score (nSPS) is 11.8. The zero-order chi connectivity index (χ0) is 13.9. The van der Waals surface area contributed by atoms with E-state index in [4.69, 9.17) is 10.2 Å². The van der Waals surface area contributed by atoms with E-state index in [0.717, 1.165) is 4.57 Å². The lowest BCUT2D eigenvalue weighted by molar-refractivity contribution is 0.103. The highest BCUT2D eigenvalue weighted by Crippen LogP contribution is 2.02. The van der Waals surface area contributed by atoms with Crippen molar-refractivity contribution < 1.29 is 10.2 Å². The molecule has 18 heavy (non-hydrogen) atoms. The molecule has 0 amide bonds. The molecule has 7 heteroatoms. The maximum absolute atomic E-state index is 11.8. The van der Waals surface area contributed by atoms with E-state index in [2.05, 4.69) is 5.32 Å². The van der Waals surface area contributed by atoms with E-state index < -0.39 is 11.2 Å². The van der Waals surface area contributed by atoms with Crippen molar-refractivity contribution in [2.45, 2.75) is 19.0 Å². The van der Waals surface area contributed by atoms with Crippen molar-refractivity contribution in [3.63, 3.8) is 0 Å². The third-order valence-electron chi connectivity index (χ3n) is 2.92. The first-order chi connectivity index (χ1) is 8.34. The van der Waals surface area contributed by atoms with Crippen LogP contribution in [0, 0.1) is 0 Å². The standard InChI is InChI=1S/C11H19N3O4/c1-11(6-15,7-16)12-4-8-5-13(2)10(18)14(3)9(8)17/h5,12,15-16H,4,6-7H2,1-3H3. The monoisotopic (exact) mass is 257 g/mol. The molecule has 0 saturated heterocycles. The molecular weight excluding hydrogens is 238 g/mol. The Bertz CT molecular complexity index is 528. The summed E-state index contributed by atoms with van der Waals surface area (Å²) in [5, 5.41) is 21.1. The topological polar surface area (TPSA) is 96.5 Å². The fraction of sp³-hybridized carbons (Fsp3) is 0.636. The summed E-state index contributed by atoms with van der Waals surface area (Å²) in [7, 11) is 2.97. The highest BCUT2D eigenvalue weighted by Gasteiger charge is 2.22. The molecule has 0 aromatic carbocycles. The number of hydrogen-bond donors (Lipinski definition) is 3. The van der Waals surface area contributed by atoms with Crippen LogP contribution in [0.4, 0.5) is 0 Å². The van der Waals surface area contributed by atoms with Crippen LogP contribution in [-0.2, 0) is 20.6 Å². The molecule has 0 unspecified atom stereocenters. The predicted molar refractivity (Wildman–Crippen MR) is 66.3 cm³/mol. The van der Waals surface area contributed by atoms with Crippen LogP contribution in [0.15, 0.2) is 15.8 Å². The lowest BCUT2D eigenvalue weighted by Crippen LogP contribution is -2.50. The second-order valence-electron chi connectivity index (χ2n) is 4.64. The predicted octanol–water partition coefficient (Wildman–Crippen LogP) is -2.08. The molecule has 1 heterocycles. The molecule has 7 nitrogen and oxygen atoms in total. The lowest BCUT2D eigenvalue weighted by atomic mass is 10.1. The Kier molecular flexibility index (Phi) is 4.44. The third kappa shape index (κ3) is 2.87. The van der Waals surface area contributed by atoms with Gasteiger partial charge in [0.15, 0.2) is 0 Å². The molecule has 1 aromatic rings. The molecule has 0 aliphatic carbocycles. The Morgan fingerprint density at radius 3 is 2.33 bits per heavy atom. The molecular formula is C11H19N3O4. The minimum atomic E-state index is -0.861. The molecule has 0 bridgehead atoms. The zero-order valence-corrected chi connectivity index (χ0v) is 10.8. The second kappa shape index (κ2) is 5.47. The van der Waals surface area contributed by atoms with Crippen molar-refractivity contribution in [3.05, 3.63) is 32.6 Å². The van der Waals surface area contributed by atoms with Crippen molar-refractivity contribution in [1.29, 1.82) is 0 Å². The molecule has 0 spiro atoms. The highest BCUT2D eigenvalue weighted by molar-refractivity contribution is 5.06. The van der Waals surface area contributed by atoms with Gasteiger partial charge >= 0.3 is 5.69 Å². The van der Waals surface area contributed by atoms with E-state index in [1.807, 2.05) is 0 Å². The molecule has 0 saturated carbocycles. The average molecular weight is 257 g/mol. The lowest BCUT2D eigenvalue weighted by Gasteiger charge is -2.26. The second-order valence-corrected chi connectivity index (χ2v) is 4.64. The molecule has 3 N–H and O–H groups in total. The van der Waals surface area contributed by atoms with Gasteiger partial charge in [-0.1, -0.05) is 0 Å². The summed E-state index contributed by atoms with van der Waals surface area (Å²) < 4.78 is 2.33. The summed E-state index contributed by atoms with van der Waals surface area (Å²) in [5.74, 6) is 0. The molecule has 0 aliphatic heterocycles. The van der Waals surface area contributed by atoms with Crippen LogP contribution in [-0.4, -0.2) is 38.1 Å². The quantitative estimate of drug-likeness (QED) is 0.562. The molecule has 102 valence electrons. The molecule has 0 fully saturated rings. The minimum absolute atomic E-state index is 0.165. The molecule has 1 rings (SSSR count). The van der Waals surface area contributed by atoms with Crippen molar-refractivity contribution in [2.75, 3.05) is 13.2 Å². The average Bonchev–Trinajstić information content (AvgIpc) is 2.38. The summed E-state index contributed by atoms with van der Waals surface area (Å²) in [6.07, 6.45) is 1.45. The number of nitrogens with zero attached hydrogens (tertiary/aromatic N) is 2. The summed E-state index contributed by atoms with van der Waals surface area (Å²) in [6, 6.07) is 0. The Labute approximate surface area is 104 Å². The van der Waals surface area contributed by atoms with Gasteiger partial charge in [0, 0.05) is 32.4 Å². The zero-order valence-electron chi connectivity index (χ0n) is 10.8. The molecule has 0 atom stereocenters. The van der Waals surface area contributed by atoms with E-state index in [-0.39, 0.29) is 25.3 Å². The SMILES string of the molecule is Cn1cc(CNC(C)(CO)CO)c(=O)n(C)c1=O. The maximum atomic E-state index is 11.8. The number of aliphatic hydroxyl groups excluding tert-OH is 2. The Morgan fingerprint density at radius 1 is 1.28 bits per heavy atom. The molecule has 0 radical (unpaired) electrons. The number of aliphatic hydroxyl groups is 2. The molecule has 1 aromatic heterocycles. The number of rotatable bonds is 5. The Hall–Kier alpha value is -1.44. The van der Waals surface area contributed by atoms with Gasteiger partial charge in [-0.15, -0.1) is 0 Å². The first-order valence-corrected chi connectivity index (χ1v) is 5.57. The number of nitrogens with one attached hydrogen (secondary N) is 1. The van der Waals surface area contributed by atoms with Gasteiger partial charge in [-0.05, 0) is 6.92 Å². The van der Waals surface area contributed by atoms with Crippen LogP contribution in [0.3, 0.4) is 0 Å². The van der Waals surface area contributed by atoms with E-state index in [0.29, 0.717) is 5.56 Å². The van der Waals surface area contributed by atoms with Crippen molar-refractivity contribution in [3.8, 4) is 0 Å². The van der Waals surface area contributed by atoms with Crippen molar-refractivity contribution >= 4 is 0 Å². The van der Waals surface area contributed by atoms with Crippen LogP contribution in [0.5, 0.6) is 0 Å². The Morgan fingerprint density at radius 2 is 1.83 bits per heavy atom. The van der Waals surface area contributed by atoms with E-state index >= 15 is 0 Å². The summed E-state index contributed by atoms with van der Waals surface area (Å²) in [6.45, 7) is 1.29. The Balaban J connectivity index is 3.00. The van der Waals surface area contributed by atoms with E-state index in [1.165, 1.54) is 17.8 Å². The summed E-state index contributed by atoms with van der Waals surface area (Å²) >= 11 is 0. The van der Waals surface area contributed by atoms with E-state index in [9.17, 15) is 9.59 Å². The van der Waals surface area contributed by atoms with Gasteiger partial charge in [-0.25, -0.2) is 4.79 Å². The van der Waals surface area contributed by atoms with Gasteiger partial charge in [0.25, 0.3) is 5.56 Å². The third-order valence-corrected chi connectivity index (χ3v) is 2.92.